The second-order valence-corrected chi connectivity index (χ2v) is 9.82. The number of hydrogen-bond acceptors (Lipinski definition) is 4. The van der Waals surface area contributed by atoms with Crippen LogP contribution in [0, 0.1) is 18.6 Å². The van der Waals surface area contributed by atoms with E-state index in [-0.39, 0.29) is 10.8 Å². The molecule has 0 fully saturated rings. The molecule has 1 atom stereocenters. The van der Waals surface area contributed by atoms with Gasteiger partial charge in [-0.3, -0.25) is 4.98 Å². The summed E-state index contributed by atoms with van der Waals surface area (Å²) in [7, 11) is 0. The second kappa shape index (κ2) is 8.27. The average Bonchev–Trinajstić information content (AvgIpc) is 2.78. The van der Waals surface area contributed by atoms with E-state index in [1.807, 2.05) is 6.07 Å². The molecule has 5 nitrogen and oxygen atoms in total. The Kier molecular flexibility index (Phi) is 5.48. The van der Waals surface area contributed by atoms with E-state index >= 15 is 0 Å². The second-order valence-electron chi connectivity index (χ2n) is 9.82. The highest BCUT2D eigenvalue weighted by Crippen LogP contribution is 2.45. The van der Waals surface area contributed by atoms with Crippen molar-refractivity contribution in [3.63, 3.8) is 0 Å². The third kappa shape index (κ3) is 4.00. The van der Waals surface area contributed by atoms with Gasteiger partial charge in [0.2, 0.25) is 0 Å². The fraction of sp³-hybridized carbons (Fsp3) is 0.286. The Balaban J connectivity index is 1.95. The zero-order chi connectivity index (χ0) is 25.1. The first-order valence-corrected chi connectivity index (χ1v) is 11.4. The number of carbonyl (C=O) groups is 1. The van der Waals surface area contributed by atoms with Crippen LogP contribution in [0.5, 0.6) is 5.75 Å². The number of halogens is 2. The molecule has 0 unspecified atom stereocenters. The third-order valence-corrected chi connectivity index (χ3v) is 6.22. The molecule has 1 aromatic heterocycles. The van der Waals surface area contributed by atoms with Crippen molar-refractivity contribution in [3.8, 4) is 16.9 Å². The number of nitrogens with zero attached hydrogens (tertiary/aromatic N) is 1. The topological polar surface area (TPSA) is 68.7 Å². The smallest absolute Gasteiger partial charge is 0.337 e. The largest absolute Gasteiger partial charge is 0.493 e. The van der Waals surface area contributed by atoms with E-state index < -0.39 is 29.3 Å². The summed E-state index contributed by atoms with van der Waals surface area (Å²) in [6, 6.07) is 9.11. The van der Waals surface area contributed by atoms with Crippen molar-refractivity contribution in [1.29, 1.82) is 0 Å². The predicted molar refractivity (Wildman–Crippen MR) is 130 cm³/mol. The number of rotatable bonds is 4. The number of pyridine rings is 1. The molecule has 1 N–H and O–H groups in total. The molecule has 0 amide bonds. The predicted octanol–water partition coefficient (Wildman–Crippen LogP) is 6.52. The Morgan fingerprint density at radius 2 is 1.91 bits per heavy atom. The van der Waals surface area contributed by atoms with Crippen LogP contribution < -0.4 is 4.74 Å². The number of benzene rings is 3. The Labute approximate surface area is 201 Å². The van der Waals surface area contributed by atoms with E-state index in [9.17, 15) is 18.7 Å². The van der Waals surface area contributed by atoms with Crippen LogP contribution in [-0.4, -0.2) is 28.3 Å². The van der Waals surface area contributed by atoms with Crippen LogP contribution in [0.3, 0.4) is 0 Å². The first kappa shape index (κ1) is 23.2. The van der Waals surface area contributed by atoms with Gasteiger partial charge in [0, 0.05) is 40.6 Å². The Morgan fingerprint density at radius 3 is 2.63 bits per heavy atom. The highest BCUT2D eigenvalue weighted by molar-refractivity contribution is 6.09. The number of aromatic nitrogens is 1. The fourth-order valence-electron chi connectivity index (χ4n) is 4.89. The van der Waals surface area contributed by atoms with Gasteiger partial charge in [-0.2, -0.15) is 0 Å². The van der Waals surface area contributed by atoms with Crippen LogP contribution in [0.1, 0.15) is 43.6 Å². The summed E-state index contributed by atoms with van der Waals surface area (Å²) < 4.78 is 41.3. The number of fused-ring (bicyclic) bond motifs is 1. The number of hydrogen-bond donors (Lipinski definition) is 1. The minimum atomic E-state index is -1.37. The van der Waals surface area contributed by atoms with Crippen molar-refractivity contribution < 1.29 is 28.2 Å². The molecule has 0 spiro atoms. The lowest BCUT2D eigenvalue weighted by molar-refractivity contribution is -0.160. The molecule has 0 bridgehead atoms. The van der Waals surface area contributed by atoms with Crippen LogP contribution in [0.15, 0.2) is 42.6 Å². The third-order valence-electron chi connectivity index (χ3n) is 6.22. The van der Waals surface area contributed by atoms with Crippen LogP contribution in [0.2, 0.25) is 0 Å². The van der Waals surface area contributed by atoms with Gasteiger partial charge >= 0.3 is 5.97 Å². The molecule has 0 radical (unpaired) electrons. The summed E-state index contributed by atoms with van der Waals surface area (Å²) >= 11 is 0. The van der Waals surface area contributed by atoms with Crippen molar-refractivity contribution in [2.45, 2.75) is 45.8 Å². The van der Waals surface area contributed by atoms with Crippen LogP contribution in [-0.2, 0) is 16.0 Å². The number of aliphatic carboxylic acids is 1. The minimum absolute atomic E-state index is 0.194. The Bertz CT molecular complexity index is 1500. The summed E-state index contributed by atoms with van der Waals surface area (Å²) in [5.74, 6) is -2.00. The molecular formula is C28H25F2NO4. The van der Waals surface area contributed by atoms with Gasteiger partial charge in [0.15, 0.2) is 6.10 Å². The van der Waals surface area contributed by atoms with Crippen LogP contribution in [0.25, 0.3) is 32.8 Å². The molecule has 2 heterocycles. The first-order chi connectivity index (χ1) is 16.5. The molecule has 180 valence electrons. The first-order valence-electron chi connectivity index (χ1n) is 11.4. The van der Waals surface area contributed by atoms with Crippen molar-refractivity contribution in [2.24, 2.45) is 0 Å². The zero-order valence-electron chi connectivity index (χ0n) is 19.9. The Morgan fingerprint density at radius 1 is 1.14 bits per heavy atom. The Hall–Kier alpha value is -3.58. The summed E-state index contributed by atoms with van der Waals surface area (Å²) in [5, 5.41) is 11.5. The van der Waals surface area contributed by atoms with E-state index in [1.165, 1.54) is 6.07 Å². The summed E-state index contributed by atoms with van der Waals surface area (Å²) in [6.45, 7) is 7.55. The minimum Gasteiger partial charge on any atom is -0.493 e. The van der Waals surface area contributed by atoms with E-state index in [2.05, 4.69) is 4.98 Å². The molecule has 0 saturated heterocycles. The van der Waals surface area contributed by atoms with Gasteiger partial charge in [0.25, 0.3) is 0 Å². The molecule has 0 saturated carbocycles. The van der Waals surface area contributed by atoms with Gasteiger partial charge in [0.05, 0.1) is 17.7 Å². The van der Waals surface area contributed by atoms with Gasteiger partial charge in [-0.25, -0.2) is 13.6 Å². The van der Waals surface area contributed by atoms with Gasteiger partial charge in [-0.15, -0.1) is 0 Å². The summed E-state index contributed by atoms with van der Waals surface area (Å²) in [5.41, 5.74) is 2.65. The van der Waals surface area contributed by atoms with Crippen molar-refractivity contribution >= 4 is 27.6 Å². The van der Waals surface area contributed by atoms with Gasteiger partial charge in [0.1, 0.15) is 17.4 Å². The molecule has 1 aliphatic rings. The number of ether oxygens (including phenoxy) is 2. The standard InChI is InChI=1S/C28H25F2NO4/c1-14-11-18-19(12-16(29)13-20(18)30)24(22(14)26(27(32)33)35-28(2,3)4)17-5-6-21-23-15(8-10-34-21)7-9-31-25(17)23/h5-7,9,11-13,26H,8,10H2,1-4H3,(H,32,33)/t26-/m0/s1. The van der Waals surface area contributed by atoms with Gasteiger partial charge in [-0.1, -0.05) is 0 Å². The maximum atomic E-state index is 15.0. The molecule has 35 heavy (non-hydrogen) atoms. The zero-order valence-corrected chi connectivity index (χ0v) is 19.9. The SMILES string of the molecule is Cc1cc2c(F)cc(F)cc2c(-c2ccc3c4c(ccnc24)CCO3)c1[C@H](OC(C)(C)C)C(=O)O. The van der Waals surface area contributed by atoms with Crippen molar-refractivity contribution in [1.82, 2.24) is 4.98 Å². The number of aryl methyl sites for hydroxylation is 1. The van der Waals surface area contributed by atoms with Gasteiger partial charge < -0.3 is 14.6 Å². The van der Waals surface area contributed by atoms with E-state index in [1.54, 1.807) is 52.1 Å². The highest BCUT2D eigenvalue weighted by Gasteiger charge is 2.33. The monoisotopic (exact) mass is 477 g/mol. The average molecular weight is 478 g/mol. The van der Waals surface area contributed by atoms with Crippen LogP contribution >= 0.6 is 0 Å². The quantitative estimate of drug-likeness (QED) is 0.363. The molecule has 3 aromatic carbocycles. The fourth-order valence-corrected chi connectivity index (χ4v) is 4.89. The molecule has 5 rings (SSSR count). The highest BCUT2D eigenvalue weighted by atomic mass is 19.1. The number of carboxylic acids is 1. The lowest BCUT2D eigenvalue weighted by atomic mass is 9.85. The lowest BCUT2D eigenvalue weighted by Gasteiger charge is -2.29. The number of carboxylic acid groups (broad SMARTS) is 1. The van der Waals surface area contributed by atoms with Crippen molar-refractivity contribution in [2.75, 3.05) is 6.61 Å². The summed E-state index contributed by atoms with van der Waals surface area (Å²) in [4.78, 5) is 17.1. The van der Waals surface area contributed by atoms with Crippen molar-refractivity contribution in [3.05, 3.63) is 70.9 Å². The maximum Gasteiger partial charge on any atom is 0.337 e. The molecule has 7 heteroatoms. The van der Waals surface area contributed by atoms with Crippen LogP contribution in [0.4, 0.5) is 8.78 Å². The summed E-state index contributed by atoms with van der Waals surface area (Å²) in [6.07, 6.45) is 1.02. The van der Waals surface area contributed by atoms with E-state index in [0.29, 0.717) is 46.5 Å². The van der Waals surface area contributed by atoms with E-state index in [4.69, 9.17) is 9.47 Å². The lowest BCUT2D eigenvalue weighted by Crippen LogP contribution is -2.28. The normalized spacial score (nSPS) is 14.2. The van der Waals surface area contributed by atoms with Gasteiger partial charge in [-0.05, 0) is 80.1 Å². The molecule has 0 aliphatic carbocycles. The maximum absolute atomic E-state index is 15.0. The molecular weight excluding hydrogens is 452 g/mol. The molecule has 1 aliphatic heterocycles. The molecule has 4 aromatic rings. The van der Waals surface area contributed by atoms with E-state index in [0.717, 1.165) is 17.0 Å².